The van der Waals surface area contributed by atoms with E-state index in [1.165, 1.54) is 24.0 Å². The van der Waals surface area contributed by atoms with Gasteiger partial charge in [-0.1, -0.05) is 19.4 Å². The summed E-state index contributed by atoms with van der Waals surface area (Å²) in [6.07, 6.45) is 9.02. The monoisotopic (exact) mass is 300 g/mol. The van der Waals surface area contributed by atoms with E-state index < -0.39 is 0 Å². The van der Waals surface area contributed by atoms with Gasteiger partial charge >= 0.3 is 0 Å². The minimum Gasteiger partial charge on any atom is -0.493 e. The van der Waals surface area contributed by atoms with Crippen LogP contribution in [0.15, 0.2) is 42.7 Å². The van der Waals surface area contributed by atoms with E-state index in [2.05, 4.69) is 48.1 Å². The fourth-order valence-corrected chi connectivity index (χ4v) is 2.54. The zero-order valence-corrected chi connectivity index (χ0v) is 13.8. The lowest BCUT2D eigenvalue weighted by Gasteiger charge is -2.08. The van der Waals surface area contributed by atoms with Gasteiger partial charge in [0.05, 0.1) is 14.2 Å². The van der Waals surface area contributed by atoms with E-state index in [0.29, 0.717) is 0 Å². The van der Waals surface area contributed by atoms with Crippen molar-refractivity contribution in [1.82, 2.24) is 0 Å². The highest BCUT2D eigenvalue weighted by Gasteiger charge is 2.07. The number of aromatic nitrogens is 1. The minimum absolute atomic E-state index is 0.778. The maximum atomic E-state index is 5.36. The standard InChI is InChI=1S/C19H26NO2/c1-4-5-7-17-8-6-12-20(15-17)13-11-16-9-10-18(21-2)19(14-16)22-3/h6,8-10,12,14-15H,4-5,7,11,13H2,1-3H3/q+1. The number of aryl methyl sites for hydroxylation is 3. The normalized spacial score (nSPS) is 10.5. The molecule has 0 fully saturated rings. The average molecular weight is 300 g/mol. The van der Waals surface area contributed by atoms with Crippen LogP contribution in [0, 0.1) is 0 Å². The smallest absolute Gasteiger partial charge is 0.171 e. The van der Waals surface area contributed by atoms with Crippen molar-refractivity contribution in [2.45, 2.75) is 39.2 Å². The van der Waals surface area contributed by atoms with Crippen LogP contribution in [0.4, 0.5) is 0 Å². The van der Waals surface area contributed by atoms with Crippen LogP contribution in [0.25, 0.3) is 0 Å². The van der Waals surface area contributed by atoms with Gasteiger partial charge in [-0.05, 0) is 36.6 Å². The number of ether oxygens (including phenoxy) is 2. The lowest BCUT2D eigenvalue weighted by atomic mass is 10.1. The molecular formula is C19H26NO2+. The van der Waals surface area contributed by atoms with Gasteiger partial charge in [-0.2, -0.15) is 0 Å². The molecular weight excluding hydrogens is 274 g/mol. The van der Waals surface area contributed by atoms with Gasteiger partial charge in [-0.15, -0.1) is 0 Å². The van der Waals surface area contributed by atoms with E-state index in [1.54, 1.807) is 14.2 Å². The van der Waals surface area contributed by atoms with Gasteiger partial charge in [-0.25, -0.2) is 4.57 Å². The molecule has 0 bridgehead atoms. The number of unbranched alkanes of at least 4 members (excludes halogenated alkanes) is 1. The number of benzene rings is 1. The van der Waals surface area contributed by atoms with E-state index >= 15 is 0 Å². The molecule has 0 saturated carbocycles. The van der Waals surface area contributed by atoms with Crippen LogP contribution < -0.4 is 14.0 Å². The molecule has 0 aliphatic carbocycles. The molecule has 0 aliphatic heterocycles. The van der Waals surface area contributed by atoms with Gasteiger partial charge in [0.25, 0.3) is 0 Å². The summed E-state index contributed by atoms with van der Waals surface area (Å²) in [5.41, 5.74) is 2.67. The van der Waals surface area contributed by atoms with Crippen molar-refractivity contribution in [3.63, 3.8) is 0 Å². The first-order valence-electron chi connectivity index (χ1n) is 7.95. The van der Waals surface area contributed by atoms with Crippen LogP contribution in [-0.2, 0) is 19.4 Å². The molecule has 0 unspecified atom stereocenters. The molecule has 0 aliphatic rings. The summed E-state index contributed by atoms with van der Waals surface area (Å²) in [5, 5.41) is 0. The Labute approximate surface area is 133 Å². The first kappa shape index (κ1) is 16.3. The van der Waals surface area contributed by atoms with Gasteiger partial charge in [0, 0.05) is 18.1 Å². The highest BCUT2D eigenvalue weighted by molar-refractivity contribution is 5.42. The zero-order chi connectivity index (χ0) is 15.8. The number of methoxy groups -OCH3 is 2. The number of hydrogen-bond donors (Lipinski definition) is 0. The Kier molecular flexibility index (Phi) is 6.26. The van der Waals surface area contributed by atoms with Crippen LogP contribution in [0.5, 0.6) is 11.5 Å². The van der Waals surface area contributed by atoms with Gasteiger partial charge < -0.3 is 9.47 Å². The van der Waals surface area contributed by atoms with Crippen molar-refractivity contribution in [2.24, 2.45) is 0 Å². The van der Waals surface area contributed by atoms with Crippen molar-refractivity contribution in [1.29, 1.82) is 0 Å². The number of rotatable bonds is 8. The van der Waals surface area contributed by atoms with E-state index in [0.717, 1.165) is 30.9 Å². The molecule has 22 heavy (non-hydrogen) atoms. The highest BCUT2D eigenvalue weighted by Crippen LogP contribution is 2.27. The first-order valence-corrected chi connectivity index (χ1v) is 7.95. The first-order chi connectivity index (χ1) is 10.8. The largest absolute Gasteiger partial charge is 0.493 e. The van der Waals surface area contributed by atoms with E-state index in [4.69, 9.17) is 9.47 Å². The maximum Gasteiger partial charge on any atom is 0.171 e. The SMILES string of the molecule is CCCCc1ccc[n+](CCc2ccc(OC)c(OC)c2)c1. The van der Waals surface area contributed by atoms with Crippen molar-refractivity contribution in [3.05, 3.63) is 53.9 Å². The number of hydrogen-bond acceptors (Lipinski definition) is 2. The van der Waals surface area contributed by atoms with Crippen LogP contribution in [0.1, 0.15) is 30.9 Å². The van der Waals surface area contributed by atoms with E-state index in [-0.39, 0.29) is 0 Å². The molecule has 1 aromatic carbocycles. The van der Waals surface area contributed by atoms with Gasteiger partial charge in [0.1, 0.15) is 0 Å². The predicted octanol–water partition coefficient (Wildman–Crippen LogP) is 3.58. The molecule has 118 valence electrons. The van der Waals surface area contributed by atoms with Gasteiger partial charge in [0.2, 0.25) is 0 Å². The van der Waals surface area contributed by atoms with Crippen molar-refractivity contribution >= 4 is 0 Å². The highest BCUT2D eigenvalue weighted by atomic mass is 16.5. The summed E-state index contributed by atoms with van der Waals surface area (Å²) in [6, 6.07) is 10.5. The van der Waals surface area contributed by atoms with Crippen LogP contribution in [-0.4, -0.2) is 14.2 Å². The Morgan fingerprint density at radius 1 is 0.955 bits per heavy atom. The summed E-state index contributed by atoms with van der Waals surface area (Å²) in [7, 11) is 3.34. The van der Waals surface area contributed by atoms with Crippen LogP contribution in [0.2, 0.25) is 0 Å². The van der Waals surface area contributed by atoms with E-state index in [1.807, 2.05) is 6.07 Å². The number of pyridine rings is 1. The lowest BCUT2D eigenvalue weighted by Crippen LogP contribution is -2.34. The molecule has 0 saturated heterocycles. The Bertz CT molecular complexity index is 596. The van der Waals surface area contributed by atoms with Gasteiger partial charge in [-0.3, -0.25) is 0 Å². The van der Waals surface area contributed by atoms with Crippen molar-refractivity contribution in [2.75, 3.05) is 14.2 Å². The Morgan fingerprint density at radius 2 is 1.77 bits per heavy atom. The summed E-state index contributed by atoms with van der Waals surface area (Å²) in [5.74, 6) is 1.57. The quantitative estimate of drug-likeness (QED) is 0.695. The molecule has 1 aromatic heterocycles. The third kappa shape index (κ3) is 4.48. The van der Waals surface area contributed by atoms with Crippen molar-refractivity contribution in [3.8, 4) is 11.5 Å². The molecule has 0 spiro atoms. The second kappa shape index (κ2) is 8.42. The topological polar surface area (TPSA) is 22.3 Å². The average Bonchev–Trinajstić information content (AvgIpc) is 2.58. The molecule has 1 heterocycles. The third-order valence-electron chi connectivity index (χ3n) is 3.85. The second-order valence-electron chi connectivity index (χ2n) is 5.49. The van der Waals surface area contributed by atoms with Crippen molar-refractivity contribution < 1.29 is 14.0 Å². The summed E-state index contributed by atoms with van der Waals surface area (Å²) < 4.78 is 12.9. The zero-order valence-electron chi connectivity index (χ0n) is 13.8. The summed E-state index contributed by atoms with van der Waals surface area (Å²) in [4.78, 5) is 0. The number of nitrogens with zero attached hydrogens (tertiary/aromatic N) is 1. The lowest BCUT2D eigenvalue weighted by molar-refractivity contribution is -0.696. The second-order valence-corrected chi connectivity index (χ2v) is 5.49. The Hall–Kier alpha value is -2.03. The van der Waals surface area contributed by atoms with Gasteiger partial charge in [0.15, 0.2) is 30.4 Å². The predicted molar refractivity (Wildman–Crippen MR) is 88.5 cm³/mol. The molecule has 2 aromatic rings. The molecule has 3 nitrogen and oxygen atoms in total. The molecule has 0 N–H and O–H groups in total. The van der Waals surface area contributed by atoms with Crippen LogP contribution in [0.3, 0.4) is 0 Å². The fraction of sp³-hybridized carbons (Fsp3) is 0.421. The Balaban J connectivity index is 2.00. The summed E-state index contributed by atoms with van der Waals surface area (Å²) >= 11 is 0. The maximum absolute atomic E-state index is 5.36. The van der Waals surface area contributed by atoms with E-state index in [9.17, 15) is 0 Å². The molecule has 3 heteroatoms. The third-order valence-corrected chi connectivity index (χ3v) is 3.85. The molecule has 2 rings (SSSR count). The fourth-order valence-electron chi connectivity index (χ4n) is 2.54. The molecule has 0 atom stereocenters. The van der Waals surface area contributed by atoms with Crippen LogP contribution >= 0.6 is 0 Å². The summed E-state index contributed by atoms with van der Waals surface area (Å²) in [6.45, 7) is 3.20. The minimum atomic E-state index is 0.778. The molecule has 0 radical (unpaired) electrons. The Morgan fingerprint density at radius 3 is 2.50 bits per heavy atom. The molecule has 0 amide bonds.